The number of carbonyl (C=O) groups is 1. The van der Waals surface area contributed by atoms with E-state index in [4.69, 9.17) is 21.7 Å². The standard InChI is InChI=1S/C20H19NO3S2/c1-14-6-3-4-9-17(14)24-11-10-23-16-8-5-7-15(12-16)13-18-19(22)21(2)20(25)26-18/h3-9,12-13H,10-11H2,1-2H3/b18-13-. The second-order valence-electron chi connectivity index (χ2n) is 5.78. The van der Waals surface area contributed by atoms with E-state index in [2.05, 4.69) is 0 Å². The van der Waals surface area contributed by atoms with Crippen LogP contribution in [0.5, 0.6) is 11.5 Å². The number of amides is 1. The van der Waals surface area contributed by atoms with E-state index >= 15 is 0 Å². The third kappa shape index (κ3) is 4.45. The van der Waals surface area contributed by atoms with E-state index in [-0.39, 0.29) is 5.91 Å². The first-order valence-electron chi connectivity index (χ1n) is 8.17. The van der Waals surface area contributed by atoms with Gasteiger partial charge in [0.15, 0.2) is 0 Å². The molecule has 0 aromatic heterocycles. The third-order valence-corrected chi connectivity index (χ3v) is 5.33. The highest BCUT2D eigenvalue weighted by Gasteiger charge is 2.28. The van der Waals surface area contributed by atoms with Gasteiger partial charge in [0.05, 0.1) is 4.91 Å². The van der Waals surface area contributed by atoms with Crippen LogP contribution in [0.2, 0.25) is 0 Å². The van der Waals surface area contributed by atoms with Crippen molar-refractivity contribution in [3.8, 4) is 11.5 Å². The van der Waals surface area contributed by atoms with Crippen LogP contribution in [-0.4, -0.2) is 35.4 Å². The maximum Gasteiger partial charge on any atom is 0.265 e. The number of nitrogens with zero attached hydrogens (tertiary/aromatic N) is 1. The van der Waals surface area contributed by atoms with Crippen LogP contribution in [0, 0.1) is 6.92 Å². The monoisotopic (exact) mass is 385 g/mol. The Kier molecular flexibility index (Phi) is 5.96. The fourth-order valence-electron chi connectivity index (χ4n) is 2.42. The van der Waals surface area contributed by atoms with Gasteiger partial charge in [0.1, 0.15) is 29.0 Å². The summed E-state index contributed by atoms with van der Waals surface area (Å²) in [5, 5.41) is 0. The summed E-state index contributed by atoms with van der Waals surface area (Å²) in [7, 11) is 1.69. The lowest BCUT2D eigenvalue weighted by Gasteiger charge is -2.10. The molecule has 26 heavy (non-hydrogen) atoms. The second-order valence-corrected chi connectivity index (χ2v) is 7.45. The van der Waals surface area contributed by atoms with Crippen molar-refractivity contribution in [2.24, 2.45) is 0 Å². The Bertz CT molecular complexity index is 864. The van der Waals surface area contributed by atoms with Crippen molar-refractivity contribution in [3.05, 3.63) is 64.6 Å². The Labute approximate surface area is 162 Å². The van der Waals surface area contributed by atoms with Crippen LogP contribution in [0.1, 0.15) is 11.1 Å². The Balaban J connectivity index is 1.57. The van der Waals surface area contributed by atoms with Crippen LogP contribution in [0.15, 0.2) is 53.4 Å². The first-order valence-corrected chi connectivity index (χ1v) is 9.40. The van der Waals surface area contributed by atoms with Gasteiger partial charge >= 0.3 is 0 Å². The van der Waals surface area contributed by atoms with E-state index in [1.165, 1.54) is 16.7 Å². The second kappa shape index (κ2) is 8.38. The van der Waals surface area contributed by atoms with E-state index < -0.39 is 0 Å². The Morgan fingerprint density at radius 3 is 2.62 bits per heavy atom. The summed E-state index contributed by atoms with van der Waals surface area (Å²) in [6, 6.07) is 15.5. The largest absolute Gasteiger partial charge is 0.490 e. The van der Waals surface area contributed by atoms with Crippen molar-refractivity contribution in [2.75, 3.05) is 20.3 Å². The van der Waals surface area contributed by atoms with Gasteiger partial charge in [-0.1, -0.05) is 54.3 Å². The van der Waals surface area contributed by atoms with E-state index in [1.807, 2.05) is 61.5 Å². The molecule has 0 aliphatic carbocycles. The van der Waals surface area contributed by atoms with Crippen LogP contribution in [0.4, 0.5) is 0 Å². The molecule has 0 saturated carbocycles. The first kappa shape index (κ1) is 18.5. The molecule has 1 fully saturated rings. The van der Waals surface area contributed by atoms with Crippen LogP contribution in [0.3, 0.4) is 0 Å². The van der Waals surface area contributed by atoms with Crippen molar-refractivity contribution in [1.82, 2.24) is 4.90 Å². The minimum Gasteiger partial charge on any atom is -0.490 e. The van der Waals surface area contributed by atoms with Crippen LogP contribution < -0.4 is 9.47 Å². The Hall–Kier alpha value is -2.31. The van der Waals surface area contributed by atoms with Gasteiger partial charge in [-0.05, 0) is 42.3 Å². The lowest BCUT2D eigenvalue weighted by Crippen LogP contribution is -2.22. The number of rotatable bonds is 6. The molecule has 0 bridgehead atoms. The molecule has 6 heteroatoms. The summed E-state index contributed by atoms with van der Waals surface area (Å²) in [4.78, 5) is 14.2. The van der Waals surface area contributed by atoms with Gasteiger partial charge in [-0.2, -0.15) is 0 Å². The van der Waals surface area contributed by atoms with Gasteiger partial charge in [0, 0.05) is 7.05 Å². The lowest BCUT2D eigenvalue weighted by atomic mass is 10.2. The zero-order valence-electron chi connectivity index (χ0n) is 14.6. The summed E-state index contributed by atoms with van der Waals surface area (Å²) < 4.78 is 12.1. The van der Waals surface area contributed by atoms with Gasteiger partial charge in [-0.3, -0.25) is 9.69 Å². The predicted molar refractivity (Wildman–Crippen MR) is 110 cm³/mol. The number of ether oxygens (including phenoxy) is 2. The molecule has 1 saturated heterocycles. The topological polar surface area (TPSA) is 38.8 Å². The molecular weight excluding hydrogens is 366 g/mol. The molecule has 134 valence electrons. The molecule has 2 aromatic rings. The fraction of sp³-hybridized carbons (Fsp3) is 0.200. The number of aryl methyl sites for hydroxylation is 1. The third-order valence-electron chi connectivity index (χ3n) is 3.85. The molecule has 0 unspecified atom stereocenters. The molecule has 0 spiro atoms. The average Bonchev–Trinajstić information content (AvgIpc) is 2.87. The number of hydrogen-bond donors (Lipinski definition) is 0. The number of carbonyl (C=O) groups excluding carboxylic acids is 1. The van der Waals surface area contributed by atoms with Crippen LogP contribution in [0.25, 0.3) is 6.08 Å². The number of hydrogen-bond acceptors (Lipinski definition) is 5. The SMILES string of the molecule is Cc1ccccc1OCCOc1cccc(/C=C2\SC(=S)N(C)C2=O)c1. The molecule has 4 nitrogen and oxygen atoms in total. The van der Waals surface area contributed by atoms with Crippen molar-refractivity contribution in [3.63, 3.8) is 0 Å². The first-order chi connectivity index (χ1) is 12.5. The van der Waals surface area contributed by atoms with Gasteiger partial charge in [-0.15, -0.1) is 0 Å². The quantitative estimate of drug-likeness (QED) is 0.421. The van der Waals surface area contributed by atoms with Crippen molar-refractivity contribution >= 4 is 40.3 Å². The van der Waals surface area contributed by atoms with Gasteiger partial charge in [0.25, 0.3) is 5.91 Å². The molecule has 0 N–H and O–H groups in total. The van der Waals surface area contributed by atoms with E-state index in [1.54, 1.807) is 7.05 Å². The number of benzene rings is 2. The molecule has 1 heterocycles. The van der Waals surface area contributed by atoms with E-state index in [0.717, 1.165) is 22.6 Å². The molecule has 0 radical (unpaired) electrons. The summed E-state index contributed by atoms with van der Waals surface area (Å²) in [6.45, 7) is 2.91. The fourth-order valence-corrected chi connectivity index (χ4v) is 3.60. The lowest BCUT2D eigenvalue weighted by molar-refractivity contribution is -0.121. The van der Waals surface area contributed by atoms with Crippen molar-refractivity contribution in [2.45, 2.75) is 6.92 Å². The molecule has 3 rings (SSSR count). The summed E-state index contributed by atoms with van der Waals surface area (Å²) in [5.41, 5.74) is 2.00. The highest BCUT2D eigenvalue weighted by atomic mass is 32.2. The molecule has 1 aliphatic rings. The highest BCUT2D eigenvalue weighted by Crippen LogP contribution is 2.31. The van der Waals surface area contributed by atoms with Crippen molar-refractivity contribution < 1.29 is 14.3 Å². The highest BCUT2D eigenvalue weighted by molar-refractivity contribution is 8.26. The smallest absolute Gasteiger partial charge is 0.265 e. The number of para-hydroxylation sites is 1. The van der Waals surface area contributed by atoms with E-state index in [0.29, 0.717) is 22.4 Å². The maximum absolute atomic E-state index is 12.1. The average molecular weight is 386 g/mol. The summed E-state index contributed by atoms with van der Waals surface area (Å²) >= 11 is 6.46. The summed E-state index contributed by atoms with van der Waals surface area (Å²) in [6.07, 6.45) is 1.83. The normalized spacial score (nSPS) is 15.6. The Morgan fingerprint density at radius 1 is 1.12 bits per heavy atom. The predicted octanol–water partition coefficient (Wildman–Crippen LogP) is 4.28. The molecule has 1 aliphatic heterocycles. The van der Waals surface area contributed by atoms with Crippen LogP contribution >= 0.6 is 24.0 Å². The van der Waals surface area contributed by atoms with Gasteiger partial charge in [0.2, 0.25) is 0 Å². The maximum atomic E-state index is 12.1. The zero-order valence-corrected chi connectivity index (χ0v) is 16.2. The van der Waals surface area contributed by atoms with E-state index in [9.17, 15) is 4.79 Å². The van der Waals surface area contributed by atoms with Gasteiger partial charge in [-0.25, -0.2) is 0 Å². The molecular formula is C20H19NO3S2. The number of likely N-dealkylation sites (N-methyl/N-ethyl adjacent to an activating group) is 1. The van der Waals surface area contributed by atoms with Crippen LogP contribution in [-0.2, 0) is 4.79 Å². The molecule has 1 amide bonds. The Morgan fingerprint density at radius 2 is 1.88 bits per heavy atom. The molecule has 2 aromatic carbocycles. The zero-order chi connectivity index (χ0) is 18.5. The number of thioether (sulfide) groups is 1. The minimum absolute atomic E-state index is 0.0713. The minimum atomic E-state index is -0.0713. The van der Waals surface area contributed by atoms with Crippen molar-refractivity contribution in [1.29, 1.82) is 0 Å². The van der Waals surface area contributed by atoms with Gasteiger partial charge < -0.3 is 9.47 Å². The number of thiocarbonyl (C=S) groups is 1. The molecule has 0 atom stereocenters. The summed E-state index contributed by atoms with van der Waals surface area (Å²) in [5.74, 6) is 1.53.